The predicted octanol–water partition coefficient (Wildman–Crippen LogP) is 1.11. The van der Waals surface area contributed by atoms with Gasteiger partial charge in [-0.3, -0.25) is 9.48 Å². The van der Waals surface area contributed by atoms with Crippen LogP contribution in [0.3, 0.4) is 0 Å². The minimum absolute atomic E-state index is 0.0798. The van der Waals surface area contributed by atoms with Gasteiger partial charge in [0.1, 0.15) is 0 Å². The lowest BCUT2D eigenvalue weighted by Gasteiger charge is -1.98. The van der Waals surface area contributed by atoms with Gasteiger partial charge in [0.2, 0.25) is 0 Å². The van der Waals surface area contributed by atoms with E-state index in [-0.39, 0.29) is 5.78 Å². The van der Waals surface area contributed by atoms with Gasteiger partial charge in [0.25, 0.3) is 0 Å². The van der Waals surface area contributed by atoms with Crippen molar-refractivity contribution in [3.05, 3.63) is 30.6 Å². The molecule has 0 amide bonds. The largest absolute Gasteiger partial charge is 0.295 e. The van der Waals surface area contributed by atoms with Crippen LogP contribution >= 0.6 is 0 Å². The fourth-order valence-corrected chi connectivity index (χ4v) is 1.000. The molecule has 0 atom stereocenters. The number of ketones is 1. The van der Waals surface area contributed by atoms with Crippen molar-refractivity contribution in [1.29, 1.82) is 0 Å². The molecule has 0 saturated heterocycles. The fraction of sp³-hybridized carbons (Fsp3) is 0.333. The van der Waals surface area contributed by atoms with Crippen LogP contribution in [-0.4, -0.2) is 15.6 Å². The van der Waals surface area contributed by atoms with Gasteiger partial charge in [-0.25, -0.2) is 0 Å². The van der Waals surface area contributed by atoms with Crippen LogP contribution in [0.4, 0.5) is 0 Å². The molecule has 1 heterocycles. The third-order valence-corrected chi connectivity index (χ3v) is 1.78. The highest BCUT2D eigenvalue weighted by Crippen LogP contribution is 2.01. The predicted molar refractivity (Wildman–Crippen MR) is 46.7 cm³/mol. The minimum Gasteiger partial charge on any atom is -0.295 e. The molecule has 1 aromatic rings. The Morgan fingerprint density at radius 1 is 1.83 bits per heavy atom. The number of rotatable bonds is 4. The van der Waals surface area contributed by atoms with Crippen LogP contribution in [-0.2, 0) is 18.3 Å². The molecule has 1 aromatic heterocycles. The molecule has 0 N–H and O–H groups in total. The van der Waals surface area contributed by atoms with Crippen LogP contribution in [0.25, 0.3) is 0 Å². The smallest absolute Gasteiger partial charge is 0.155 e. The fourth-order valence-electron chi connectivity index (χ4n) is 1.000. The number of nitrogens with zero attached hydrogens (tertiary/aromatic N) is 2. The summed E-state index contributed by atoms with van der Waals surface area (Å²) < 4.78 is 1.77. The molecule has 0 aromatic carbocycles. The third-order valence-electron chi connectivity index (χ3n) is 1.78. The summed E-state index contributed by atoms with van der Waals surface area (Å²) in [4.78, 5) is 10.9. The first kappa shape index (κ1) is 8.71. The SMILES string of the molecule is C=CC(=O)CCc1ccnn1C. The van der Waals surface area contributed by atoms with Crippen LogP contribution in [0.5, 0.6) is 0 Å². The second-order valence-electron chi connectivity index (χ2n) is 2.62. The first-order valence-electron chi connectivity index (χ1n) is 3.86. The van der Waals surface area contributed by atoms with E-state index in [1.54, 1.807) is 10.9 Å². The Bertz CT molecular complexity index is 288. The number of carbonyl (C=O) groups excluding carboxylic acids is 1. The van der Waals surface area contributed by atoms with Crippen molar-refractivity contribution in [3.63, 3.8) is 0 Å². The van der Waals surface area contributed by atoms with Crippen LogP contribution in [0.1, 0.15) is 12.1 Å². The van der Waals surface area contributed by atoms with Gasteiger partial charge in [-0.2, -0.15) is 5.10 Å². The number of hydrogen-bond acceptors (Lipinski definition) is 2. The van der Waals surface area contributed by atoms with E-state index in [9.17, 15) is 4.79 Å². The molecule has 0 aliphatic carbocycles. The normalized spacial score (nSPS) is 9.75. The highest BCUT2D eigenvalue weighted by atomic mass is 16.1. The number of aromatic nitrogens is 2. The molecule has 0 fully saturated rings. The topological polar surface area (TPSA) is 34.9 Å². The number of aryl methyl sites for hydroxylation is 2. The summed E-state index contributed by atoms with van der Waals surface area (Å²) in [5.41, 5.74) is 1.07. The molecule has 64 valence electrons. The molecular weight excluding hydrogens is 152 g/mol. The number of carbonyl (C=O) groups is 1. The Labute approximate surface area is 71.7 Å². The van der Waals surface area contributed by atoms with E-state index in [1.807, 2.05) is 13.1 Å². The van der Waals surface area contributed by atoms with Crippen LogP contribution < -0.4 is 0 Å². The van der Waals surface area contributed by atoms with Gasteiger partial charge >= 0.3 is 0 Å². The summed E-state index contributed by atoms with van der Waals surface area (Å²) in [6.07, 6.45) is 4.34. The standard InChI is InChI=1S/C9H12N2O/c1-3-9(12)5-4-8-6-7-10-11(8)2/h3,6-7H,1,4-5H2,2H3. The van der Waals surface area contributed by atoms with E-state index in [4.69, 9.17) is 0 Å². The lowest BCUT2D eigenvalue weighted by Crippen LogP contribution is -2.01. The summed E-state index contributed by atoms with van der Waals surface area (Å²) in [6.45, 7) is 3.41. The Balaban J connectivity index is 2.48. The summed E-state index contributed by atoms with van der Waals surface area (Å²) >= 11 is 0. The number of allylic oxidation sites excluding steroid dienone is 1. The quantitative estimate of drug-likeness (QED) is 0.625. The molecule has 1 rings (SSSR count). The second-order valence-corrected chi connectivity index (χ2v) is 2.62. The Morgan fingerprint density at radius 2 is 2.58 bits per heavy atom. The van der Waals surface area contributed by atoms with E-state index < -0.39 is 0 Å². The van der Waals surface area contributed by atoms with Gasteiger partial charge in [-0.05, 0) is 18.6 Å². The van der Waals surface area contributed by atoms with Gasteiger partial charge in [0.05, 0.1) is 0 Å². The first-order chi connectivity index (χ1) is 5.74. The van der Waals surface area contributed by atoms with Gasteiger partial charge < -0.3 is 0 Å². The van der Waals surface area contributed by atoms with Gasteiger partial charge in [-0.1, -0.05) is 6.58 Å². The number of hydrogen-bond donors (Lipinski definition) is 0. The average molecular weight is 164 g/mol. The highest BCUT2D eigenvalue weighted by molar-refractivity contribution is 5.89. The van der Waals surface area contributed by atoms with E-state index in [2.05, 4.69) is 11.7 Å². The van der Waals surface area contributed by atoms with Crippen LogP contribution in [0.2, 0.25) is 0 Å². The molecule has 0 aliphatic rings. The molecule has 0 spiro atoms. The summed E-state index contributed by atoms with van der Waals surface area (Å²) in [5.74, 6) is 0.0798. The van der Waals surface area contributed by atoms with Crippen molar-refractivity contribution in [2.24, 2.45) is 7.05 Å². The van der Waals surface area contributed by atoms with Gasteiger partial charge in [0.15, 0.2) is 5.78 Å². The molecular formula is C9H12N2O. The van der Waals surface area contributed by atoms with Crippen molar-refractivity contribution < 1.29 is 4.79 Å². The zero-order valence-electron chi connectivity index (χ0n) is 7.16. The Hall–Kier alpha value is -1.38. The van der Waals surface area contributed by atoms with Gasteiger partial charge in [0, 0.05) is 25.4 Å². The minimum atomic E-state index is 0.0798. The third kappa shape index (κ3) is 2.05. The Morgan fingerprint density at radius 3 is 3.08 bits per heavy atom. The molecule has 3 nitrogen and oxygen atoms in total. The van der Waals surface area contributed by atoms with Crippen LogP contribution in [0, 0.1) is 0 Å². The average Bonchev–Trinajstić information content (AvgIpc) is 2.47. The van der Waals surface area contributed by atoms with Crippen molar-refractivity contribution in [2.45, 2.75) is 12.8 Å². The molecule has 12 heavy (non-hydrogen) atoms. The molecule has 0 saturated carbocycles. The molecule has 0 radical (unpaired) electrons. The van der Waals surface area contributed by atoms with Crippen molar-refractivity contribution in [3.8, 4) is 0 Å². The maximum Gasteiger partial charge on any atom is 0.155 e. The van der Waals surface area contributed by atoms with E-state index >= 15 is 0 Å². The Kier molecular flexibility index (Phi) is 2.80. The van der Waals surface area contributed by atoms with Crippen molar-refractivity contribution in [1.82, 2.24) is 9.78 Å². The lowest BCUT2D eigenvalue weighted by molar-refractivity contribution is -0.114. The molecule has 0 unspecified atom stereocenters. The summed E-state index contributed by atoms with van der Waals surface area (Å²) in [7, 11) is 1.87. The maximum atomic E-state index is 10.9. The van der Waals surface area contributed by atoms with Gasteiger partial charge in [-0.15, -0.1) is 0 Å². The molecule has 0 aliphatic heterocycles. The van der Waals surface area contributed by atoms with E-state index in [1.165, 1.54) is 6.08 Å². The van der Waals surface area contributed by atoms with Crippen molar-refractivity contribution >= 4 is 5.78 Å². The van der Waals surface area contributed by atoms with E-state index in [0.717, 1.165) is 12.1 Å². The molecule has 0 bridgehead atoms. The summed E-state index contributed by atoms with van der Waals surface area (Å²) in [6, 6.07) is 1.91. The zero-order chi connectivity index (χ0) is 8.97. The zero-order valence-corrected chi connectivity index (χ0v) is 7.16. The second kappa shape index (κ2) is 3.85. The lowest BCUT2D eigenvalue weighted by atomic mass is 10.2. The van der Waals surface area contributed by atoms with Crippen molar-refractivity contribution in [2.75, 3.05) is 0 Å². The molecule has 3 heteroatoms. The monoisotopic (exact) mass is 164 g/mol. The summed E-state index contributed by atoms with van der Waals surface area (Å²) in [5, 5.41) is 4.00. The maximum absolute atomic E-state index is 10.9. The van der Waals surface area contributed by atoms with Crippen LogP contribution in [0.15, 0.2) is 24.9 Å². The van der Waals surface area contributed by atoms with E-state index in [0.29, 0.717) is 6.42 Å². The first-order valence-corrected chi connectivity index (χ1v) is 3.86. The highest BCUT2D eigenvalue weighted by Gasteiger charge is 2.00.